The van der Waals surface area contributed by atoms with Crippen LogP contribution in [-0.4, -0.2) is 24.8 Å². The maximum absolute atomic E-state index is 10.3. The zero-order chi connectivity index (χ0) is 14.9. The molecule has 2 nitrogen and oxygen atoms in total. The highest BCUT2D eigenvalue weighted by Crippen LogP contribution is 2.26. The molecule has 0 N–H and O–H groups in total. The lowest BCUT2D eigenvalue weighted by Gasteiger charge is -2.25. The van der Waals surface area contributed by atoms with E-state index in [9.17, 15) is 4.79 Å². The van der Waals surface area contributed by atoms with Gasteiger partial charge >= 0.3 is 0 Å². The molecular formula is C17H31NO. The van der Waals surface area contributed by atoms with E-state index in [2.05, 4.69) is 45.9 Å². The molecule has 0 spiro atoms. The van der Waals surface area contributed by atoms with Crippen LogP contribution in [0.3, 0.4) is 0 Å². The van der Waals surface area contributed by atoms with E-state index in [4.69, 9.17) is 0 Å². The van der Waals surface area contributed by atoms with Crippen molar-refractivity contribution in [1.82, 2.24) is 4.90 Å². The van der Waals surface area contributed by atoms with E-state index in [0.29, 0.717) is 12.3 Å². The molecule has 19 heavy (non-hydrogen) atoms. The normalized spacial score (nSPS) is 12.8. The van der Waals surface area contributed by atoms with Gasteiger partial charge in [-0.25, -0.2) is 0 Å². The topological polar surface area (TPSA) is 20.3 Å². The molecule has 0 saturated heterocycles. The summed E-state index contributed by atoms with van der Waals surface area (Å²) in [7, 11) is 2.06. The second-order valence-electron chi connectivity index (χ2n) is 6.32. The SMILES string of the molecule is C=CC(C)(C)CCC(C)CCN(C)C(=C)CCC=O. The lowest BCUT2D eigenvalue weighted by Crippen LogP contribution is -2.20. The Labute approximate surface area is 119 Å². The van der Waals surface area contributed by atoms with Gasteiger partial charge in [-0.2, -0.15) is 0 Å². The van der Waals surface area contributed by atoms with Crippen LogP contribution in [0.2, 0.25) is 0 Å². The molecule has 0 aromatic heterocycles. The van der Waals surface area contributed by atoms with Crippen molar-refractivity contribution in [3.63, 3.8) is 0 Å². The van der Waals surface area contributed by atoms with Gasteiger partial charge in [-0.15, -0.1) is 6.58 Å². The van der Waals surface area contributed by atoms with Crippen LogP contribution in [0.5, 0.6) is 0 Å². The van der Waals surface area contributed by atoms with Gasteiger partial charge < -0.3 is 9.69 Å². The van der Waals surface area contributed by atoms with Gasteiger partial charge in [0, 0.05) is 25.7 Å². The number of rotatable bonds is 11. The molecule has 2 heteroatoms. The van der Waals surface area contributed by atoms with Gasteiger partial charge in [0.05, 0.1) is 0 Å². The molecule has 0 aliphatic carbocycles. The smallest absolute Gasteiger partial charge is 0.120 e. The fourth-order valence-electron chi connectivity index (χ4n) is 1.85. The molecule has 0 fully saturated rings. The number of aldehydes is 1. The van der Waals surface area contributed by atoms with Crippen molar-refractivity contribution in [2.45, 2.75) is 52.9 Å². The number of hydrogen-bond donors (Lipinski definition) is 0. The first-order chi connectivity index (χ1) is 8.82. The van der Waals surface area contributed by atoms with Crippen LogP contribution in [0.25, 0.3) is 0 Å². The lowest BCUT2D eigenvalue weighted by atomic mass is 9.84. The summed E-state index contributed by atoms with van der Waals surface area (Å²) >= 11 is 0. The predicted molar refractivity (Wildman–Crippen MR) is 84.1 cm³/mol. The number of nitrogens with zero attached hydrogens (tertiary/aromatic N) is 1. The zero-order valence-electron chi connectivity index (χ0n) is 13.2. The van der Waals surface area contributed by atoms with Gasteiger partial charge in [0.1, 0.15) is 6.29 Å². The highest BCUT2D eigenvalue weighted by molar-refractivity contribution is 5.49. The third-order valence-electron chi connectivity index (χ3n) is 3.88. The molecule has 110 valence electrons. The van der Waals surface area contributed by atoms with Crippen LogP contribution < -0.4 is 0 Å². The van der Waals surface area contributed by atoms with E-state index in [1.807, 2.05) is 6.08 Å². The highest BCUT2D eigenvalue weighted by Gasteiger charge is 2.15. The summed E-state index contributed by atoms with van der Waals surface area (Å²) in [4.78, 5) is 12.5. The Balaban J connectivity index is 3.89. The molecule has 0 bridgehead atoms. The summed E-state index contributed by atoms with van der Waals surface area (Å²) in [5.74, 6) is 0.709. The Hall–Kier alpha value is -1.05. The van der Waals surface area contributed by atoms with Crippen molar-refractivity contribution in [3.05, 3.63) is 24.9 Å². The maximum atomic E-state index is 10.3. The zero-order valence-corrected chi connectivity index (χ0v) is 13.2. The number of carbonyl (C=O) groups excluding carboxylic acids is 1. The van der Waals surface area contributed by atoms with Crippen LogP contribution in [0.15, 0.2) is 24.9 Å². The fourth-order valence-corrected chi connectivity index (χ4v) is 1.85. The third kappa shape index (κ3) is 8.63. The van der Waals surface area contributed by atoms with Crippen LogP contribution in [-0.2, 0) is 4.79 Å². The lowest BCUT2D eigenvalue weighted by molar-refractivity contribution is -0.107. The van der Waals surface area contributed by atoms with Crippen molar-refractivity contribution in [2.75, 3.05) is 13.6 Å². The first-order valence-electron chi connectivity index (χ1n) is 7.28. The Morgan fingerprint density at radius 3 is 2.53 bits per heavy atom. The van der Waals surface area contributed by atoms with Crippen molar-refractivity contribution in [1.29, 1.82) is 0 Å². The minimum absolute atomic E-state index is 0.244. The third-order valence-corrected chi connectivity index (χ3v) is 3.88. The first kappa shape index (κ1) is 17.9. The average Bonchev–Trinajstić information content (AvgIpc) is 2.39. The van der Waals surface area contributed by atoms with Gasteiger partial charge in [-0.1, -0.05) is 33.4 Å². The van der Waals surface area contributed by atoms with Crippen molar-refractivity contribution >= 4 is 6.29 Å². The summed E-state index contributed by atoms with van der Waals surface area (Å²) in [6.45, 7) is 15.7. The minimum Gasteiger partial charge on any atom is -0.378 e. The predicted octanol–water partition coefficient (Wildman–Crippen LogP) is 4.43. The molecule has 0 heterocycles. The minimum atomic E-state index is 0.244. The highest BCUT2D eigenvalue weighted by atomic mass is 16.1. The monoisotopic (exact) mass is 265 g/mol. The summed E-state index contributed by atoms with van der Waals surface area (Å²) in [5.41, 5.74) is 1.30. The van der Waals surface area contributed by atoms with E-state index in [-0.39, 0.29) is 5.41 Å². The molecule has 0 radical (unpaired) electrons. The van der Waals surface area contributed by atoms with Gasteiger partial charge in [0.2, 0.25) is 0 Å². The fraction of sp³-hybridized carbons (Fsp3) is 0.706. The Morgan fingerprint density at radius 2 is 2.00 bits per heavy atom. The maximum Gasteiger partial charge on any atom is 0.120 e. The molecule has 0 aromatic rings. The van der Waals surface area contributed by atoms with Crippen molar-refractivity contribution in [2.24, 2.45) is 11.3 Å². The van der Waals surface area contributed by atoms with Crippen LogP contribution in [0.4, 0.5) is 0 Å². The average molecular weight is 265 g/mol. The second-order valence-corrected chi connectivity index (χ2v) is 6.32. The molecule has 0 amide bonds. The summed E-state index contributed by atoms with van der Waals surface area (Å²) < 4.78 is 0. The number of hydrogen-bond acceptors (Lipinski definition) is 2. The van der Waals surface area contributed by atoms with Crippen LogP contribution >= 0.6 is 0 Å². The van der Waals surface area contributed by atoms with E-state index in [1.165, 1.54) is 19.3 Å². The molecule has 0 rings (SSSR count). The van der Waals surface area contributed by atoms with E-state index < -0.39 is 0 Å². The second kappa shape index (κ2) is 8.95. The summed E-state index contributed by atoms with van der Waals surface area (Å²) in [6, 6.07) is 0. The largest absolute Gasteiger partial charge is 0.378 e. The van der Waals surface area contributed by atoms with Crippen molar-refractivity contribution in [3.8, 4) is 0 Å². The summed E-state index contributed by atoms with van der Waals surface area (Å²) in [6.07, 6.45) is 7.95. The van der Waals surface area contributed by atoms with Crippen molar-refractivity contribution < 1.29 is 4.79 Å². The molecule has 1 atom stereocenters. The van der Waals surface area contributed by atoms with Gasteiger partial charge in [-0.05, 0) is 37.0 Å². The summed E-state index contributed by atoms with van der Waals surface area (Å²) in [5, 5.41) is 0. The van der Waals surface area contributed by atoms with E-state index >= 15 is 0 Å². The van der Waals surface area contributed by atoms with Gasteiger partial charge in [0.15, 0.2) is 0 Å². The Kier molecular flexibility index (Phi) is 8.46. The number of carbonyl (C=O) groups is 1. The first-order valence-corrected chi connectivity index (χ1v) is 7.28. The molecule has 0 aliphatic heterocycles. The Bertz CT molecular complexity index is 294. The van der Waals surface area contributed by atoms with Gasteiger partial charge in [-0.3, -0.25) is 0 Å². The molecule has 1 unspecified atom stereocenters. The van der Waals surface area contributed by atoms with Gasteiger partial charge in [0.25, 0.3) is 0 Å². The number of allylic oxidation sites excluding steroid dienone is 2. The molecule has 0 saturated carbocycles. The molecule has 0 aromatic carbocycles. The van der Waals surface area contributed by atoms with Crippen LogP contribution in [0, 0.1) is 11.3 Å². The van der Waals surface area contributed by atoms with E-state index in [0.717, 1.165) is 24.9 Å². The van der Waals surface area contributed by atoms with E-state index in [1.54, 1.807) is 0 Å². The standard InChI is InChI=1S/C17H31NO/c1-7-17(4,5)12-10-15(2)11-13-18(6)16(3)9-8-14-19/h7,14-15H,1,3,8-13H2,2,4-6H3. The quantitative estimate of drug-likeness (QED) is 0.407. The molecule has 0 aliphatic rings. The Morgan fingerprint density at radius 1 is 1.37 bits per heavy atom. The van der Waals surface area contributed by atoms with Crippen LogP contribution in [0.1, 0.15) is 52.9 Å². The molecular weight excluding hydrogens is 234 g/mol.